The van der Waals surface area contributed by atoms with Gasteiger partial charge in [-0.25, -0.2) is 9.97 Å². The Labute approximate surface area is 205 Å². The standard InChI is InChI=1S/C24H22Cl2N6O2/c1-13-8-16(12-27-13)34-15-6-7-20(28-11-15)30-24-29-10-14-9-17(23(33)32(2)22(14)31-24)21-18(25)4-3-5-19(21)26/h3-7,9-11,13,16,27H,8,12H2,1-2H3,(H,28,29,30,31)/t13-,16-/m1/s1. The maximum absolute atomic E-state index is 13.1. The molecule has 2 N–H and O–H groups in total. The number of rotatable bonds is 5. The molecule has 2 atom stereocenters. The molecule has 1 saturated heterocycles. The molecule has 34 heavy (non-hydrogen) atoms. The second-order valence-corrected chi connectivity index (χ2v) is 9.09. The van der Waals surface area contributed by atoms with E-state index in [9.17, 15) is 4.79 Å². The Balaban J connectivity index is 1.40. The number of pyridine rings is 2. The Kier molecular flexibility index (Phi) is 6.12. The van der Waals surface area contributed by atoms with Crippen molar-refractivity contribution < 1.29 is 4.74 Å². The molecule has 0 bridgehead atoms. The highest BCUT2D eigenvalue weighted by molar-refractivity contribution is 6.39. The van der Waals surface area contributed by atoms with Gasteiger partial charge in [0, 0.05) is 43.2 Å². The van der Waals surface area contributed by atoms with Crippen LogP contribution in [0.2, 0.25) is 10.0 Å². The van der Waals surface area contributed by atoms with Gasteiger partial charge in [0.1, 0.15) is 23.3 Å². The molecule has 0 aliphatic carbocycles. The first kappa shape index (κ1) is 22.6. The summed E-state index contributed by atoms with van der Waals surface area (Å²) in [6.07, 6.45) is 4.42. The zero-order chi connectivity index (χ0) is 23.8. The van der Waals surface area contributed by atoms with E-state index in [2.05, 4.69) is 32.5 Å². The number of anilines is 2. The van der Waals surface area contributed by atoms with E-state index in [1.165, 1.54) is 4.57 Å². The van der Waals surface area contributed by atoms with Gasteiger partial charge in [-0.15, -0.1) is 0 Å². The predicted molar refractivity (Wildman–Crippen MR) is 134 cm³/mol. The highest BCUT2D eigenvalue weighted by atomic mass is 35.5. The van der Waals surface area contributed by atoms with Crippen molar-refractivity contribution in [1.82, 2.24) is 24.8 Å². The van der Waals surface area contributed by atoms with Crippen LogP contribution in [0.5, 0.6) is 5.75 Å². The molecule has 0 amide bonds. The van der Waals surface area contributed by atoms with E-state index in [1.54, 1.807) is 49.8 Å². The van der Waals surface area contributed by atoms with Crippen molar-refractivity contribution in [3.8, 4) is 16.9 Å². The van der Waals surface area contributed by atoms with E-state index in [0.29, 0.717) is 55.8 Å². The Hall–Kier alpha value is -3.20. The van der Waals surface area contributed by atoms with Crippen LogP contribution in [0, 0.1) is 0 Å². The minimum atomic E-state index is -0.262. The average Bonchev–Trinajstić information content (AvgIpc) is 3.23. The van der Waals surface area contributed by atoms with Crippen molar-refractivity contribution in [3.05, 3.63) is 69.2 Å². The lowest BCUT2D eigenvalue weighted by atomic mass is 10.1. The monoisotopic (exact) mass is 496 g/mol. The second kappa shape index (κ2) is 9.21. The van der Waals surface area contributed by atoms with Gasteiger partial charge in [-0.3, -0.25) is 9.36 Å². The van der Waals surface area contributed by atoms with E-state index in [-0.39, 0.29) is 11.7 Å². The molecule has 1 fully saturated rings. The summed E-state index contributed by atoms with van der Waals surface area (Å²) in [5.41, 5.74) is 1.09. The van der Waals surface area contributed by atoms with Crippen molar-refractivity contribution in [3.63, 3.8) is 0 Å². The largest absolute Gasteiger partial charge is 0.487 e. The summed E-state index contributed by atoms with van der Waals surface area (Å²) in [6.45, 7) is 2.97. The number of halogens is 2. The first-order valence-electron chi connectivity index (χ1n) is 10.8. The van der Waals surface area contributed by atoms with Crippen LogP contribution in [0.1, 0.15) is 13.3 Å². The number of hydrogen-bond donors (Lipinski definition) is 2. The second-order valence-electron chi connectivity index (χ2n) is 8.28. The van der Waals surface area contributed by atoms with Crippen molar-refractivity contribution >= 4 is 46.0 Å². The fourth-order valence-corrected chi connectivity index (χ4v) is 4.66. The molecule has 4 heterocycles. The maximum Gasteiger partial charge on any atom is 0.259 e. The highest BCUT2D eigenvalue weighted by Crippen LogP contribution is 2.33. The van der Waals surface area contributed by atoms with E-state index in [0.717, 1.165) is 13.0 Å². The fourth-order valence-electron chi connectivity index (χ4n) is 4.06. The molecule has 0 radical (unpaired) electrons. The summed E-state index contributed by atoms with van der Waals surface area (Å²) in [7, 11) is 1.65. The van der Waals surface area contributed by atoms with Crippen molar-refractivity contribution in [1.29, 1.82) is 0 Å². The summed E-state index contributed by atoms with van der Waals surface area (Å²) in [5.74, 6) is 1.59. The van der Waals surface area contributed by atoms with Gasteiger partial charge >= 0.3 is 0 Å². The molecular weight excluding hydrogens is 475 g/mol. The number of benzene rings is 1. The topological polar surface area (TPSA) is 94.0 Å². The third-order valence-corrected chi connectivity index (χ3v) is 6.40. The number of nitrogens with zero attached hydrogens (tertiary/aromatic N) is 4. The lowest BCUT2D eigenvalue weighted by Gasteiger charge is -2.13. The number of aryl methyl sites for hydroxylation is 1. The number of nitrogens with one attached hydrogen (secondary N) is 2. The van der Waals surface area contributed by atoms with Gasteiger partial charge in [0.25, 0.3) is 5.56 Å². The molecule has 4 aromatic rings. The van der Waals surface area contributed by atoms with E-state index >= 15 is 0 Å². The minimum absolute atomic E-state index is 0.145. The Morgan fingerprint density at radius 2 is 1.94 bits per heavy atom. The van der Waals surface area contributed by atoms with Gasteiger partial charge in [-0.05, 0) is 37.3 Å². The molecule has 0 unspecified atom stereocenters. The summed E-state index contributed by atoms with van der Waals surface area (Å²) in [6, 6.07) is 11.0. The molecule has 174 valence electrons. The van der Waals surface area contributed by atoms with Crippen molar-refractivity contribution in [2.75, 3.05) is 11.9 Å². The average molecular weight is 497 g/mol. The predicted octanol–water partition coefficient (Wildman–Crippen LogP) is 4.57. The molecule has 0 spiro atoms. The van der Waals surface area contributed by atoms with Crippen LogP contribution in [0.15, 0.2) is 53.6 Å². The summed E-state index contributed by atoms with van der Waals surface area (Å²) < 4.78 is 7.42. The van der Waals surface area contributed by atoms with Crippen LogP contribution in [-0.4, -0.2) is 38.2 Å². The molecule has 0 saturated carbocycles. The molecule has 8 nitrogen and oxygen atoms in total. The Morgan fingerprint density at radius 3 is 2.62 bits per heavy atom. The third-order valence-electron chi connectivity index (χ3n) is 5.77. The minimum Gasteiger partial charge on any atom is -0.487 e. The first-order valence-corrected chi connectivity index (χ1v) is 11.6. The van der Waals surface area contributed by atoms with Crippen LogP contribution in [0.4, 0.5) is 11.8 Å². The lowest BCUT2D eigenvalue weighted by Crippen LogP contribution is -2.20. The van der Waals surface area contributed by atoms with Crippen molar-refractivity contribution in [2.24, 2.45) is 7.05 Å². The normalized spacial score (nSPS) is 17.8. The molecule has 1 aliphatic rings. The third kappa shape index (κ3) is 4.44. The quantitative estimate of drug-likeness (QED) is 0.417. The fraction of sp³-hybridized carbons (Fsp3) is 0.250. The molecular formula is C24H22Cl2N6O2. The Bertz CT molecular complexity index is 1400. The molecule has 1 aromatic carbocycles. The van der Waals surface area contributed by atoms with Crippen LogP contribution < -0.4 is 20.9 Å². The van der Waals surface area contributed by atoms with E-state index < -0.39 is 0 Å². The number of ether oxygens (including phenoxy) is 1. The number of fused-ring (bicyclic) bond motifs is 1. The summed E-state index contributed by atoms with van der Waals surface area (Å²) >= 11 is 12.7. The van der Waals surface area contributed by atoms with Crippen LogP contribution in [0.3, 0.4) is 0 Å². The van der Waals surface area contributed by atoms with Gasteiger partial charge in [-0.2, -0.15) is 4.98 Å². The smallest absolute Gasteiger partial charge is 0.259 e. The zero-order valence-corrected chi connectivity index (χ0v) is 20.1. The molecule has 3 aromatic heterocycles. The maximum atomic E-state index is 13.1. The first-order chi connectivity index (χ1) is 16.4. The van der Waals surface area contributed by atoms with Crippen LogP contribution >= 0.6 is 23.2 Å². The summed E-state index contributed by atoms with van der Waals surface area (Å²) in [5, 5.41) is 7.92. The summed E-state index contributed by atoms with van der Waals surface area (Å²) in [4.78, 5) is 26.4. The molecule has 10 heteroatoms. The molecule has 5 rings (SSSR count). The number of aromatic nitrogens is 4. The van der Waals surface area contributed by atoms with Gasteiger partial charge in [-0.1, -0.05) is 29.3 Å². The lowest BCUT2D eigenvalue weighted by molar-refractivity contribution is 0.220. The number of hydrogen-bond acceptors (Lipinski definition) is 7. The zero-order valence-electron chi connectivity index (χ0n) is 18.5. The van der Waals surface area contributed by atoms with E-state index in [4.69, 9.17) is 27.9 Å². The van der Waals surface area contributed by atoms with Gasteiger partial charge < -0.3 is 15.4 Å². The Morgan fingerprint density at radius 1 is 1.15 bits per heavy atom. The van der Waals surface area contributed by atoms with Crippen LogP contribution in [0.25, 0.3) is 22.2 Å². The van der Waals surface area contributed by atoms with Gasteiger partial charge in [0.15, 0.2) is 0 Å². The van der Waals surface area contributed by atoms with Crippen LogP contribution in [-0.2, 0) is 7.05 Å². The highest BCUT2D eigenvalue weighted by Gasteiger charge is 2.22. The van der Waals surface area contributed by atoms with E-state index in [1.807, 2.05) is 6.07 Å². The van der Waals surface area contributed by atoms with Gasteiger partial charge in [0.05, 0.1) is 21.8 Å². The molecule has 1 aliphatic heterocycles. The van der Waals surface area contributed by atoms with Gasteiger partial charge in [0.2, 0.25) is 5.95 Å². The van der Waals surface area contributed by atoms with Crippen molar-refractivity contribution in [2.45, 2.75) is 25.5 Å². The SMILES string of the molecule is C[C@@H]1C[C@@H](Oc2ccc(Nc3ncc4cc(-c5c(Cl)cccc5Cl)c(=O)n(C)c4n3)nc2)CN1.